The van der Waals surface area contributed by atoms with Crippen LogP contribution in [0.3, 0.4) is 0 Å². The second-order valence-electron chi connectivity index (χ2n) is 7.36. The second-order valence-corrected chi connectivity index (χ2v) is 8.21. The van der Waals surface area contributed by atoms with Crippen LogP contribution >= 0.6 is 15.9 Å². The van der Waals surface area contributed by atoms with Crippen molar-refractivity contribution in [2.75, 3.05) is 26.7 Å². The lowest BCUT2D eigenvalue weighted by Crippen LogP contribution is -2.38. The summed E-state index contributed by atoms with van der Waals surface area (Å²) in [4.78, 5) is 15.6. The second kappa shape index (κ2) is 8.03. The van der Waals surface area contributed by atoms with Crippen LogP contribution in [0.15, 0.2) is 53.0 Å². The molecule has 0 bridgehead atoms. The average molecular weight is 429 g/mol. The molecule has 2 fully saturated rings. The molecule has 1 amide bonds. The summed E-state index contributed by atoms with van der Waals surface area (Å²) in [6, 6.07) is 16.6. The van der Waals surface area contributed by atoms with Crippen molar-refractivity contribution in [3.63, 3.8) is 0 Å². The van der Waals surface area contributed by atoms with E-state index in [1.807, 2.05) is 18.2 Å². The molecule has 0 saturated carbocycles. The summed E-state index contributed by atoms with van der Waals surface area (Å²) in [5, 5.41) is 3.44. The summed E-state index contributed by atoms with van der Waals surface area (Å²) in [7, 11) is 1.68. The molecular weight excluding hydrogens is 404 g/mol. The fraction of sp³-hybridized carbons (Fsp3) is 0.409. The molecule has 4 nitrogen and oxygen atoms in total. The van der Waals surface area contributed by atoms with Gasteiger partial charge in [0, 0.05) is 30.0 Å². The Bertz CT molecular complexity index is 808. The molecule has 3 atom stereocenters. The number of rotatable bonds is 4. The van der Waals surface area contributed by atoms with Gasteiger partial charge in [-0.2, -0.15) is 0 Å². The summed E-state index contributed by atoms with van der Waals surface area (Å²) in [6.07, 6.45) is 2.08. The van der Waals surface area contributed by atoms with Gasteiger partial charge >= 0.3 is 0 Å². The average Bonchev–Trinajstić information content (AvgIpc) is 3.38. The maximum absolute atomic E-state index is 13.5. The molecule has 142 valence electrons. The van der Waals surface area contributed by atoms with E-state index in [0.717, 1.165) is 42.7 Å². The van der Waals surface area contributed by atoms with E-state index in [0.29, 0.717) is 0 Å². The van der Waals surface area contributed by atoms with Gasteiger partial charge in [0.2, 0.25) is 5.91 Å². The Hall–Kier alpha value is -1.85. The van der Waals surface area contributed by atoms with E-state index in [9.17, 15) is 4.79 Å². The number of nitrogens with one attached hydrogen (secondary N) is 1. The van der Waals surface area contributed by atoms with Crippen LogP contribution in [0.5, 0.6) is 5.75 Å². The lowest BCUT2D eigenvalue weighted by Gasteiger charge is -2.30. The van der Waals surface area contributed by atoms with Crippen LogP contribution in [0.4, 0.5) is 0 Å². The van der Waals surface area contributed by atoms with Crippen molar-refractivity contribution in [1.29, 1.82) is 0 Å². The van der Waals surface area contributed by atoms with Gasteiger partial charge in [0.15, 0.2) is 0 Å². The molecule has 2 aromatic rings. The molecule has 0 spiro atoms. The summed E-state index contributed by atoms with van der Waals surface area (Å²) >= 11 is 3.66. The van der Waals surface area contributed by atoms with Crippen LogP contribution in [0.25, 0.3) is 0 Å². The minimum absolute atomic E-state index is 0.0115. The standard InChI is InChI=1S/C22H25BrN2O2/c1-27-16-10-8-15(9-11-16)21-7-4-12-25(21)22(26)19-14-24-13-18(19)17-5-2-3-6-20(17)23/h2-3,5-6,8-11,18-19,21,24H,4,7,12-14H2,1H3/t18-,19+,21?/m0/s1. The number of nitrogens with zero attached hydrogens (tertiary/aromatic N) is 1. The maximum atomic E-state index is 13.5. The van der Waals surface area contributed by atoms with Crippen LogP contribution in [0, 0.1) is 5.92 Å². The molecular formula is C22H25BrN2O2. The van der Waals surface area contributed by atoms with E-state index in [1.54, 1.807) is 7.11 Å². The number of halogens is 1. The molecule has 2 heterocycles. The first kappa shape index (κ1) is 18.5. The van der Waals surface area contributed by atoms with Gasteiger partial charge in [-0.25, -0.2) is 0 Å². The zero-order chi connectivity index (χ0) is 18.8. The van der Waals surface area contributed by atoms with Crippen LogP contribution in [0.2, 0.25) is 0 Å². The quantitative estimate of drug-likeness (QED) is 0.795. The number of hydrogen-bond donors (Lipinski definition) is 1. The van der Waals surface area contributed by atoms with Gasteiger partial charge in [-0.3, -0.25) is 4.79 Å². The number of likely N-dealkylation sites (tertiary alicyclic amines) is 1. The van der Waals surface area contributed by atoms with Crippen molar-refractivity contribution < 1.29 is 9.53 Å². The predicted molar refractivity (Wildman–Crippen MR) is 110 cm³/mol. The normalized spacial score (nSPS) is 25.0. The SMILES string of the molecule is COc1ccc(C2CCCN2C(=O)[C@@H]2CNC[C@H]2c2ccccc2Br)cc1. The third-order valence-corrected chi connectivity index (χ3v) is 6.59. The molecule has 2 aliphatic rings. The van der Waals surface area contributed by atoms with Crippen molar-refractivity contribution in [2.45, 2.75) is 24.8 Å². The van der Waals surface area contributed by atoms with E-state index >= 15 is 0 Å². The number of amides is 1. The number of carbonyl (C=O) groups is 1. The topological polar surface area (TPSA) is 41.6 Å². The van der Waals surface area contributed by atoms with E-state index < -0.39 is 0 Å². The Balaban J connectivity index is 1.56. The number of carbonyl (C=O) groups excluding carboxylic acids is 1. The van der Waals surface area contributed by atoms with Crippen LogP contribution < -0.4 is 10.1 Å². The van der Waals surface area contributed by atoms with E-state index in [-0.39, 0.29) is 23.8 Å². The molecule has 2 saturated heterocycles. The Labute approximate surface area is 169 Å². The minimum Gasteiger partial charge on any atom is -0.497 e. The smallest absolute Gasteiger partial charge is 0.228 e. The highest BCUT2D eigenvalue weighted by atomic mass is 79.9. The molecule has 2 aromatic carbocycles. The van der Waals surface area contributed by atoms with Crippen molar-refractivity contribution >= 4 is 21.8 Å². The fourth-order valence-electron chi connectivity index (χ4n) is 4.46. The maximum Gasteiger partial charge on any atom is 0.228 e. The van der Waals surface area contributed by atoms with Gasteiger partial charge in [0.1, 0.15) is 5.75 Å². The van der Waals surface area contributed by atoms with Gasteiger partial charge < -0.3 is 15.0 Å². The van der Waals surface area contributed by atoms with Crippen molar-refractivity contribution in [3.8, 4) is 5.75 Å². The van der Waals surface area contributed by atoms with E-state index in [2.05, 4.69) is 56.5 Å². The Morgan fingerprint density at radius 1 is 1.15 bits per heavy atom. The molecule has 5 heteroatoms. The van der Waals surface area contributed by atoms with Crippen LogP contribution in [-0.2, 0) is 4.79 Å². The zero-order valence-corrected chi connectivity index (χ0v) is 17.1. The largest absolute Gasteiger partial charge is 0.497 e. The molecule has 27 heavy (non-hydrogen) atoms. The third-order valence-electron chi connectivity index (χ3n) is 5.87. The fourth-order valence-corrected chi connectivity index (χ4v) is 5.04. The number of benzene rings is 2. The van der Waals surface area contributed by atoms with Crippen molar-refractivity contribution in [2.24, 2.45) is 5.92 Å². The van der Waals surface area contributed by atoms with Gasteiger partial charge in [-0.15, -0.1) is 0 Å². The van der Waals surface area contributed by atoms with E-state index in [1.165, 1.54) is 11.1 Å². The lowest BCUT2D eigenvalue weighted by atomic mass is 9.87. The molecule has 4 rings (SSSR count). The number of ether oxygens (including phenoxy) is 1. The summed E-state index contributed by atoms with van der Waals surface area (Å²) in [6.45, 7) is 2.44. The summed E-state index contributed by atoms with van der Waals surface area (Å²) in [5.74, 6) is 1.33. The van der Waals surface area contributed by atoms with Gasteiger partial charge in [0.05, 0.1) is 19.1 Å². The van der Waals surface area contributed by atoms with E-state index in [4.69, 9.17) is 4.74 Å². The first-order chi connectivity index (χ1) is 13.2. The molecule has 1 N–H and O–H groups in total. The molecule has 0 aliphatic carbocycles. The molecule has 1 unspecified atom stereocenters. The number of methoxy groups -OCH3 is 1. The van der Waals surface area contributed by atoms with Crippen molar-refractivity contribution in [1.82, 2.24) is 10.2 Å². The Morgan fingerprint density at radius 3 is 2.67 bits per heavy atom. The predicted octanol–water partition coefficient (Wildman–Crippen LogP) is 4.12. The lowest BCUT2D eigenvalue weighted by molar-refractivity contribution is -0.136. The Morgan fingerprint density at radius 2 is 1.93 bits per heavy atom. The highest BCUT2D eigenvalue weighted by Crippen LogP contribution is 2.38. The third kappa shape index (κ3) is 3.63. The summed E-state index contributed by atoms with van der Waals surface area (Å²) in [5.41, 5.74) is 2.42. The van der Waals surface area contributed by atoms with Crippen LogP contribution in [-0.4, -0.2) is 37.6 Å². The zero-order valence-electron chi connectivity index (χ0n) is 15.5. The van der Waals surface area contributed by atoms with Crippen molar-refractivity contribution in [3.05, 3.63) is 64.1 Å². The minimum atomic E-state index is -0.0115. The Kier molecular flexibility index (Phi) is 5.50. The van der Waals surface area contributed by atoms with Gasteiger partial charge in [-0.1, -0.05) is 46.3 Å². The molecule has 0 aromatic heterocycles. The van der Waals surface area contributed by atoms with Crippen LogP contribution in [0.1, 0.15) is 35.9 Å². The molecule has 0 radical (unpaired) electrons. The van der Waals surface area contributed by atoms with Gasteiger partial charge in [-0.05, 0) is 42.2 Å². The monoisotopic (exact) mass is 428 g/mol. The first-order valence-corrected chi connectivity index (χ1v) is 10.4. The molecule has 2 aliphatic heterocycles. The van der Waals surface area contributed by atoms with Gasteiger partial charge in [0.25, 0.3) is 0 Å². The summed E-state index contributed by atoms with van der Waals surface area (Å²) < 4.78 is 6.36. The highest BCUT2D eigenvalue weighted by molar-refractivity contribution is 9.10. The highest BCUT2D eigenvalue weighted by Gasteiger charge is 2.40. The first-order valence-electron chi connectivity index (χ1n) is 9.58. The number of hydrogen-bond acceptors (Lipinski definition) is 3.